The Balaban J connectivity index is 2.02. The van der Waals surface area contributed by atoms with Crippen molar-refractivity contribution in [3.63, 3.8) is 0 Å². The summed E-state index contributed by atoms with van der Waals surface area (Å²) in [7, 11) is 1.58. The Bertz CT molecular complexity index is 709. The number of benzene rings is 2. The molecule has 1 unspecified atom stereocenters. The van der Waals surface area contributed by atoms with Gasteiger partial charge < -0.3 is 9.47 Å². The second kappa shape index (κ2) is 8.82. The molecule has 0 heterocycles. The molecule has 0 aliphatic heterocycles. The van der Waals surface area contributed by atoms with Crippen molar-refractivity contribution < 1.29 is 32.2 Å². The molecule has 7 heteroatoms. The molecule has 4 nitrogen and oxygen atoms in total. The van der Waals surface area contributed by atoms with E-state index in [0.717, 1.165) is 5.56 Å². The van der Waals surface area contributed by atoms with Crippen LogP contribution in [0.4, 0.5) is 13.2 Å². The normalized spacial score (nSPS) is 12.7. The Hall–Kier alpha value is -2.38. The fourth-order valence-corrected chi connectivity index (χ4v) is 2.37. The fourth-order valence-electron chi connectivity index (χ4n) is 2.37. The van der Waals surface area contributed by atoms with Gasteiger partial charge in [-0.15, -0.1) is 13.2 Å². The summed E-state index contributed by atoms with van der Waals surface area (Å²) in [5.41, 5.74) is 1.64. The Labute approximate surface area is 149 Å². The number of rotatable bonds is 7. The highest BCUT2D eigenvalue weighted by Crippen LogP contribution is 2.31. The summed E-state index contributed by atoms with van der Waals surface area (Å²) in [5, 5.41) is 0. The molecule has 0 spiro atoms. The third kappa shape index (κ3) is 5.86. The van der Waals surface area contributed by atoms with E-state index in [1.54, 1.807) is 38.3 Å². The van der Waals surface area contributed by atoms with Gasteiger partial charge in [-0.2, -0.15) is 0 Å². The molecule has 140 valence electrons. The molecule has 0 fully saturated rings. The van der Waals surface area contributed by atoms with Gasteiger partial charge in [0, 0.05) is 7.11 Å². The summed E-state index contributed by atoms with van der Waals surface area (Å²) in [4.78, 5) is 12.1. The summed E-state index contributed by atoms with van der Waals surface area (Å²) in [6.07, 6.45) is -5.65. The largest absolute Gasteiger partial charge is 0.523 e. The quantitative estimate of drug-likeness (QED) is 0.507. The number of hydrogen-bond donors (Lipinski definition) is 0. The van der Waals surface area contributed by atoms with E-state index < -0.39 is 18.4 Å². The number of esters is 1. The maximum Gasteiger partial charge on any atom is 0.523 e. The predicted molar refractivity (Wildman–Crippen MR) is 88.7 cm³/mol. The zero-order valence-electron chi connectivity index (χ0n) is 14.4. The average molecular weight is 368 g/mol. The second-order valence-corrected chi connectivity index (χ2v) is 5.55. The molecule has 0 radical (unpaired) electrons. The molecule has 0 bridgehead atoms. The lowest BCUT2D eigenvalue weighted by atomic mass is 10.1. The molecular formula is C19H19F3O4. The molecule has 0 N–H and O–H groups in total. The monoisotopic (exact) mass is 368 g/mol. The maximum atomic E-state index is 12.4. The molecule has 1 atom stereocenters. The maximum absolute atomic E-state index is 12.4. The van der Waals surface area contributed by atoms with E-state index in [2.05, 4.69) is 4.74 Å². The summed E-state index contributed by atoms with van der Waals surface area (Å²) < 4.78 is 51.5. The minimum absolute atomic E-state index is 0.159. The van der Waals surface area contributed by atoms with Gasteiger partial charge in [0.1, 0.15) is 5.75 Å². The molecule has 0 saturated heterocycles. The molecule has 2 rings (SSSR count). The van der Waals surface area contributed by atoms with Gasteiger partial charge >= 0.3 is 12.3 Å². The van der Waals surface area contributed by atoms with Crippen molar-refractivity contribution in [3.8, 4) is 5.75 Å². The number of halogens is 3. The van der Waals surface area contributed by atoms with Gasteiger partial charge in [-0.1, -0.05) is 31.2 Å². The Morgan fingerprint density at radius 3 is 2.15 bits per heavy atom. The summed E-state index contributed by atoms with van der Waals surface area (Å²) in [6.45, 7) is 2.03. The topological polar surface area (TPSA) is 44.8 Å². The van der Waals surface area contributed by atoms with E-state index in [4.69, 9.17) is 9.47 Å². The third-order valence-electron chi connectivity index (χ3n) is 3.61. The summed E-state index contributed by atoms with van der Waals surface area (Å²) in [5.74, 6) is -0.318. The first kappa shape index (κ1) is 19.9. The van der Waals surface area contributed by atoms with Crippen LogP contribution in [0.25, 0.3) is 0 Å². The van der Waals surface area contributed by atoms with Crippen LogP contribution in [-0.2, 0) is 16.1 Å². The van der Waals surface area contributed by atoms with E-state index in [1.807, 2.05) is 0 Å². The highest BCUT2D eigenvalue weighted by Gasteiger charge is 2.33. The number of methoxy groups -OCH3 is 1. The molecular weight excluding hydrogens is 349 g/mol. The second-order valence-electron chi connectivity index (χ2n) is 5.55. The first-order chi connectivity index (χ1) is 12.3. The highest BCUT2D eigenvalue weighted by molar-refractivity contribution is 5.91. The zero-order chi connectivity index (χ0) is 19.2. The van der Waals surface area contributed by atoms with Crippen molar-refractivity contribution in [2.75, 3.05) is 7.11 Å². The minimum Gasteiger partial charge on any atom is -0.423 e. The lowest BCUT2D eigenvalue weighted by Crippen LogP contribution is -2.17. The molecule has 2 aromatic carbocycles. The van der Waals surface area contributed by atoms with Crippen LogP contribution in [0.15, 0.2) is 48.5 Å². The number of alkyl halides is 3. The van der Waals surface area contributed by atoms with Gasteiger partial charge in [0.15, 0.2) is 0 Å². The van der Waals surface area contributed by atoms with E-state index >= 15 is 0 Å². The number of hydrogen-bond acceptors (Lipinski definition) is 4. The molecule has 0 aromatic heterocycles. The van der Waals surface area contributed by atoms with Crippen molar-refractivity contribution in [1.29, 1.82) is 0 Å². The van der Waals surface area contributed by atoms with Gasteiger partial charge in [-0.05, 0) is 41.8 Å². The molecule has 26 heavy (non-hydrogen) atoms. The van der Waals surface area contributed by atoms with E-state index in [1.165, 1.54) is 24.3 Å². The smallest absolute Gasteiger partial charge is 0.423 e. The lowest BCUT2D eigenvalue weighted by Gasteiger charge is -2.18. The molecule has 0 saturated carbocycles. The molecule has 2 aromatic rings. The van der Waals surface area contributed by atoms with Crippen molar-refractivity contribution >= 4 is 5.97 Å². The van der Waals surface area contributed by atoms with Crippen molar-refractivity contribution in [1.82, 2.24) is 0 Å². The van der Waals surface area contributed by atoms with Crippen LogP contribution in [0.1, 0.15) is 40.9 Å². The van der Waals surface area contributed by atoms with Crippen LogP contribution >= 0.6 is 0 Å². The Kier molecular flexibility index (Phi) is 6.76. The van der Waals surface area contributed by atoms with Gasteiger partial charge in [-0.3, -0.25) is 4.74 Å². The Morgan fingerprint density at radius 1 is 1.04 bits per heavy atom. The van der Waals surface area contributed by atoms with Gasteiger partial charge in [0.05, 0.1) is 18.3 Å². The molecule has 0 aliphatic carbocycles. The van der Waals surface area contributed by atoms with Crippen molar-refractivity contribution in [3.05, 3.63) is 65.2 Å². The van der Waals surface area contributed by atoms with Crippen LogP contribution in [-0.4, -0.2) is 19.4 Å². The van der Waals surface area contributed by atoms with Crippen molar-refractivity contribution in [2.24, 2.45) is 0 Å². The fraction of sp³-hybridized carbons (Fsp3) is 0.316. The number of carbonyl (C=O) groups excluding carboxylic acids is 1. The first-order valence-electron chi connectivity index (χ1n) is 7.97. The van der Waals surface area contributed by atoms with Crippen LogP contribution in [0, 0.1) is 0 Å². The van der Waals surface area contributed by atoms with E-state index in [9.17, 15) is 18.0 Å². The van der Waals surface area contributed by atoms with Crippen LogP contribution in [0.5, 0.6) is 5.75 Å². The third-order valence-corrected chi connectivity index (χ3v) is 3.61. The van der Waals surface area contributed by atoms with Crippen molar-refractivity contribution in [2.45, 2.75) is 32.4 Å². The summed E-state index contributed by atoms with van der Waals surface area (Å²) >= 11 is 0. The summed E-state index contributed by atoms with van der Waals surface area (Å²) in [6, 6.07) is 12.5. The zero-order valence-corrected chi connectivity index (χ0v) is 14.4. The van der Waals surface area contributed by atoms with Gasteiger partial charge in [0.25, 0.3) is 0 Å². The highest BCUT2D eigenvalue weighted by atomic mass is 19.4. The van der Waals surface area contributed by atoms with Gasteiger partial charge in [-0.25, -0.2) is 4.79 Å². The van der Waals surface area contributed by atoms with Gasteiger partial charge in [0.2, 0.25) is 0 Å². The first-order valence-corrected chi connectivity index (χ1v) is 7.97. The number of carbonyl (C=O) groups is 1. The van der Waals surface area contributed by atoms with E-state index in [-0.39, 0.29) is 12.2 Å². The van der Waals surface area contributed by atoms with E-state index in [0.29, 0.717) is 17.7 Å². The lowest BCUT2D eigenvalue weighted by molar-refractivity contribution is -0.345. The SMILES string of the molecule is CCC(OC(F)(F)F)c1ccc(OC(=O)c2ccc(COC)cc2)cc1. The minimum atomic E-state index is -4.71. The predicted octanol–water partition coefficient (Wildman–Crippen LogP) is 5.04. The molecule has 0 amide bonds. The standard InChI is InChI=1S/C19H19F3O4/c1-3-17(26-19(20,21)22)14-8-10-16(11-9-14)25-18(23)15-6-4-13(5-7-15)12-24-2/h4-11,17H,3,12H2,1-2H3. The average Bonchev–Trinajstić information content (AvgIpc) is 2.60. The Morgan fingerprint density at radius 2 is 1.65 bits per heavy atom. The van der Waals surface area contributed by atoms with Crippen LogP contribution < -0.4 is 4.74 Å². The van der Waals surface area contributed by atoms with Crippen LogP contribution in [0.2, 0.25) is 0 Å². The number of ether oxygens (including phenoxy) is 3. The molecule has 0 aliphatic rings. The van der Waals surface area contributed by atoms with Crippen LogP contribution in [0.3, 0.4) is 0 Å².